The van der Waals surface area contributed by atoms with Crippen LogP contribution in [0.3, 0.4) is 0 Å². The van der Waals surface area contributed by atoms with E-state index in [0.717, 1.165) is 10.5 Å². The molecule has 1 aromatic carbocycles. The van der Waals surface area contributed by atoms with E-state index in [1.54, 1.807) is 18.2 Å². The van der Waals surface area contributed by atoms with Gasteiger partial charge in [-0.05, 0) is 24.6 Å². The smallest absolute Gasteiger partial charge is 0.328 e. The Morgan fingerprint density at radius 2 is 2.19 bits per heavy atom. The summed E-state index contributed by atoms with van der Waals surface area (Å²) in [4.78, 5) is 24.0. The van der Waals surface area contributed by atoms with Gasteiger partial charge in [0.15, 0.2) is 0 Å². The molecule has 16 heavy (non-hydrogen) atoms. The molecule has 1 saturated heterocycles. The van der Waals surface area contributed by atoms with Crippen molar-refractivity contribution in [3.63, 3.8) is 0 Å². The number of hydrogen-bond acceptors (Lipinski definition) is 3. The van der Waals surface area contributed by atoms with Crippen LogP contribution in [-0.2, 0) is 4.79 Å². The summed E-state index contributed by atoms with van der Waals surface area (Å²) < 4.78 is 0. The fourth-order valence-electron chi connectivity index (χ4n) is 1.63. The number of nitrogens with zero attached hydrogens (tertiary/aromatic N) is 1. The van der Waals surface area contributed by atoms with Gasteiger partial charge < -0.3 is 11.1 Å². The fourth-order valence-corrected chi connectivity index (χ4v) is 1.63. The van der Waals surface area contributed by atoms with Gasteiger partial charge in [-0.15, -0.1) is 0 Å². The van der Waals surface area contributed by atoms with Crippen LogP contribution in [0, 0.1) is 0 Å². The van der Waals surface area contributed by atoms with Crippen molar-refractivity contribution in [3.8, 4) is 0 Å². The Hall–Kier alpha value is -1.88. The summed E-state index contributed by atoms with van der Waals surface area (Å²) in [6.45, 7) is 1.91. The molecular weight excluding hydrogens is 206 g/mol. The van der Waals surface area contributed by atoms with Crippen LogP contribution >= 0.6 is 0 Å². The minimum absolute atomic E-state index is 0.0568. The topological polar surface area (TPSA) is 75.4 Å². The number of anilines is 1. The molecule has 1 aliphatic heterocycles. The predicted octanol–water partition coefficient (Wildman–Crippen LogP) is 0.763. The van der Waals surface area contributed by atoms with E-state index in [0.29, 0.717) is 5.69 Å². The van der Waals surface area contributed by atoms with Gasteiger partial charge in [0.05, 0.1) is 12.2 Å². The summed E-state index contributed by atoms with van der Waals surface area (Å²) in [7, 11) is 0. The highest BCUT2D eigenvalue weighted by Crippen LogP contribution is 2.21. The molecule has 84 valence electrons. The third-order valence-electron chi connectivity index (χ3n) is 2.50. The second-order valence-electron chi connectivity index (χ2n) is 3.77. The second kappa shape index (κ2) is 3.94. The van der Waals surface area contributed by atoms with E-state index in [1.165, 1.54) is 0 Å². The lowest BCUT2D eigenvalue weighted by atomic mass is 10.1. The summed E-state index contributed by atoms with van der Waals surface area (Å²) in [5.74, 6) is -0.244. The van der Waals surface area contributed by atoms with Crippen LogP contribution in [0.4, 0.5) is 10.5 Å². The molecule has 1 aliphatic rings. The molecule has 0 aliphatic carbocycles. The van der Waals surface area contributed by atoms with Gasteiger partial charge in [0, 0.05) is 6.04 Å². The molecule has 1 heterocycles. The van der Waals surface area contributed by atoms with Crippen molar-refractivity contribution in [1.82, 2.24) is 5.32 Å². The third kappa shape index (κ3) is 1.77. The number of benzene rings is 1. The molecule has 5 nitrogen and oxygen atoms in total. The number of carbonyl (C=O) groups excluding carboxylic acids is 2. The highest BCUT2D eigenvalue weighted by atomic mass is 16.2. The van der Waals surface area contributed by atoms with Gasteiger partial charge >= 0.3 is 6.03 Å². The van der Waals surface area contributed by atoms with Crippen molar-refractivity contribution in [2.24, 2.45) is 5.73 Å². The highest BCUT2D eigenvalue weighted by molar-refractivity contribution is 6.19. The molecular formula is C11H13N3O2. The summed E-state index contributed by atoms with van der Waals surface area (Å²) >= 11 is 0. The summed E-state index contributed by atoms with van der Waals surface area (Å²) in [6.07, 6.45) is 0. The summed E-state index contributed by atoms with van der Waals surface area (Å²) in [5.41, 5.74) is 7.20. The maximum absolute atomic E-state index is 11.5. The zero-order valence-electron chi connectivity index (χ0n) is 8.93. The monoisotopic (exact) mass is 219 g/mol. The number of imide groups is 1. The number of nitrogens with one attached hydrogen (secondary N) is 1. The van der Waals surface area contributed by atoms with Crippen molar-refractivity contribution in [2.45, 2.75) is 13.0 Å². The molecule has 3 amide bonds. The Bertz CT molecular complexity index is 427. The minimum Gasteiger partial charge on any atom is -0.328 e. The van der Waals surface area contributed by atoms with Gasteiger partial charge in [0.25, 0.3) is 5.91 Å². The average molecular weight is 219 g/mol. The first-order valence-corrected chi connectivity index (χ1v) is 5.06. The minimum atomic E-state index is -0.383. The summed E-state index contributed by atoms with van der Waals surface area (Å²) in [5, 5.41) is 2.47. The first-order valence-electron chi connectivity index (χ1n) is 5.06. The van der Waals surface area contributed by atoms with Crippen molar-refractivity contribution in [3.05, 3.63) is 29.8 Å². The molecule has 0 bridgehead atoms. The Kier molecular flexibility index (Phi) is 2.62. The fraction of sp³-hybridized carbons (Fsp3) is 0.273. The Morgan fingerprint density at radius 1 is 1.44 bits per heavy atom. The summed E-state index contributed by atoms with van der Waals surface area (Å²) in [6, 6.07) is 6.62. The van der Waals surface area contributed by atoms with Gasteiger partial charge in [-0.3, -0.25) is 4.79 Å². The van der Waals surface area contributed by atoms with E-state index in [4.69, 9.17) is 5.73 Å². The number of nitrogens with two attached hydrogens (primary N) is 1. The van der Waals surface area contributed by atoms with E-state index < -0.39 is 0 Å². The maximum atomic E-state index is 11.5. The van der Waals surface area contributed by atoms with E-state index >= 15 is 0 Å². The van der Waals surface area contributed by atoms with Crippen LogP contribution in [0.2, 0.25) is 0 Å². The molecule has 5 heteroatoms. The van der Waals surface area contributed by atoms with Crippen LogP contribution in [0.15, 0.2) is 24.3 Å². The molecule has 0 saturated carbocycles. The molecule has 0 spiro atoms. The Labute approximate surface area is 93.2 Å². The molecule has 3 N–H and O–H groups in total. The lowest BCUT2D eigenvalue weighted by molar-refractivity contribution is -0.115. The van der Waals surface area contributed by atoms with Crippen LogP contribution in [0.1, 0.15) is 18.5 Å². The zero-order chi connectivity index (χ0) is 11.7. The lowest BCUT2D eigenvalue weighted by Gasteiger charge is -2.14. The van der Waals surface area contributed by atoms with E-state index in [-0.39, 0.29) is 24.5 Å². The lowest BCUT2D eigenvalue weighted by Crippen LogP contribution is -2.30. The Morgan fingerprint density at radius 3 is 2.75 bits per heavy atom. The van der Waals surface area contributed by atoms with Crippen molar-refractivity contribution >= 4 is 17.6 Å². The number of carbonyl (C=O) groups is 2. The normalized spacial score (nSPS) is 17.5. The first kappa shape index (κ1) is 10.6. The van der Waals surface area contributed by atoms with Crippen LogP contribution in [-0.4, -0.2) is 18.5 Å². The highest BCUT2D eigenvalue weighted by Gasteiger charge is 2.29. The first-order chi connectivity index (χ1) is 7.59. The van der Waals surface area contributed by atoms with Gasteiger partial charge in [0.2, 0.25) is 0 Å². The maximum Gasteiger partial charge on any atom is 0.329 e. The molecule has 1 unspecified atom stereocenters. The Balaban J connectivity index is 2.36. The van der Waals surface area contributed by atoms with Gasteiger partial charge in [-0.2, -0.15) is 0 Å². The van der Waals surface area contributed by atoms with E-state index in [2.05, 4.69) is 5.32 Å². The quantitative estimate of drug-likeness (QED) is 0.721. The van der Waals surface area contributed by atoms with E-state index in [9.17, 15) is 9.59 Å². The van der Waals surface area contributed by atoms with Crippen molar-refractivity contribution in [1.29, 1.82) is 0 Å². The largest absolute Gasteiger partial charge is 0.329 e. The molecule has 1 aromatic rings. The number of urea groups is 1. The van der Waals surface area contributed by atoms with E-state index in [1.807, 2.05) is 13.0 Å². The average Bonchev–Trinajstić information content (AvgIpc) is 2.59. The van der Waals surface area contributed by atoms with Gasteiger partial charge in [-0.25, -0.2) is 9.69 Å². The zero-order valence-corrected chi connectivity index (χ0v) is 8.93. The molecule has 0 aromatic heterocycles. The number of rotatable bonds is 2. The van der Waals surface area contributed by atoms with Gasteiger partial charge in [-0.1, -0.05) is 12.1 Å². The second-order valence-corrected chi connectivity index (χ2v) is 3.77. The molecule has 1 atom stereocenters. The third-order valence-corrected chi connectivity index (χ3v) is 2.50. The van der Waals surface area contributed by atoms with Crippen molar-refractivity contribution in [2.75, 3.05) is 11.4 Å². The van der Waals surface area contributed by atoms with Gasteiger partial charge in [0.1, 0.15) is 0 Å². The van der Waals surface area contributed by atoms with Crippen LogP contribution < -0.4 is 16.0 Å². The molecule has 1 fully saturated rings. The van der Waals surface area contributed by atoms with Crippen LogP contribution in [0.25, 0.3) is 0 Å². The standard InChI is InChI=1S/C11H13N3O2/c1-7(12)8-3-2-4-9(5-8)14-10(15)6-13-11(14)16/h2-5,7H,6,12H2,1H3,(H,13,16). The van der Waals surface area contributed by atoms with Crippen molar-refractivity contribution < 1.29 is 9.59 Å². The number of hydrogen-bond donors (Lipinski definition) is 2. The predicted molar refractivity (Wildman–Crippen MR) is 59.9 cm³/mol. The van der Waals surface area contributed by atoms with Crippen LogP contribution in [0.5, 0.6) is 0 Å². The SMILES string of the molecule is CC(N)c1cccc(N2C(=O)CNC2=O)c1. The number of amides is 3. The molecule has 0 radical (unpaired) electrons. The molecule has 2 rings (SSSR count).